The third kappa shape index (κ3) is 5.72. The SMILES string of the molecule is CCNC(=NCc1ccccc1[N+](=O)[O-])Nc1ccc2c(c1)OCCCO2.I. The number of nitrogens with zero attached hydrogens (tertiary/aromatic N) is 2. The van der Waals surface area contributed by atoms with Gasteiger partial charge in [-0.1, -0.05) is 18.2 Å². The van der Waals surface area contributed by atoms with Crippen molar-refractivity contribution in [1.82, 2.24) is 5.32 Å². The summed E-state index contributed by atoms with van der Waals surface area (Å²) in [5, 5.41) is 17.5. The maximum atomic E-state index is 11.1. The molecule has 0 spiro atoms. The fourth-order valence-electron chi connectivity index (χ4n) is 2.67. The van der Waals surface area contributed by atoms with Gasteiger partial charge in [-0.25, -0.2) is 4.99 Å². The van der Waals surface area contributed by atoms with E-state index in [0.717, 1.165) is 17.9 Å². The van der Waals surface area contributed by atoms with Crippen LogP contribution in [-0.4, -0.2) is 30.6 Å². The molecule has 9 heteroatoms. The minimum absolute atomic E-state index is 0. The van der Waals surface area contributed by atoms with Crippen molar-refractivity contribution in [1.29, 1.82) is 0 Å². The van der Waals surface area contributed by atoms with Crippen LogP contribution in [0.1, 0.15) is 18.9 Å². The van der Waals surface area contributed by atoms with E-state index in [-0.39, 0.29) is 36.2 Å². The molecule has 1 heterocycles. The van der Waals surface area contributed by atoms with Gasteiger partial charge in [0.2, 0.25) is 0 Å². The molecule has 0 radical (unpaired) electrons. The molecule has 0 atom stereocenters. The lowest BCUT2D eigenvalue weighted by molar-refractivity contribution is -0.385. The van der Waals surface area contributed by atoms with Crippen LogP contribution in [0.15, 0.2) is 47.5 Å². The number of rotatable bonds is 5. The smallest absolute Gasteiger partial charge is 0.274 e. The first kappa shape index (κ1) is 21.7. The van der Waals surface area contributed by atoms with Crippen LogP contribution in [0, 0.1) is 10.1 Å². The van der Waals surface area contributed by atoms with E-state index in [1.807, 2.05) is 25.1 Å². The summed E-state index contributed by atoms with van der Waals surface area (Å²) < 4.78 is 11.3. The summed E-state index contributed by atoms with van der Waals surface area (Å²) in [5.74, 6) is 1.94. The molecule has 0 fully saturated rings. The van der Waals surface area contributed by atoms with Crippen LogP contribution in [0.2, 0.25) is 0 Å². The van der Waals surface area contributed by atoms with Crippen molar-refractivity contribution in [3.05, 3.63) is 58.1 Å². The molecular formula is C19H23IN4O4. The molecular weight excluding hydrogens is 475 g/mol. The fourth-order valence-corrected chi connectivity index (χ4v) is 2.67. The summed E-state index contributed by atoms with van der Waals surface area (Å²) >= 11 is 0. The zero-order valence-corrected chi connectivity index (χ0v) is 17.8. The van der Waals surface area contributed by atoms with E-state index in [9.17, 15) is 10.1 Å². The number of ether oxygens (including phenoxy) is 2. The second-order valence-electron chi connectivity index (χ2n) is 5.92. The van der Waals surface area contributed by atoms with E-state index in [1.165, 1.54) is 6.07 Å². The molecule has 2 N–H and O–H groups in total. The molecule has 0 aliphatic carbocycles. The predicted molar refractivity (Wildman–Crippen MR) is 119 cm³/mol. The number of nitro groups is 1. The molecule has 0 unspecified atom stereocenters. The molecule has 2 aromatic rings. The highest BCUT2D eigenvalue weighted by Crippen LogP contribution is 2.32. The molecule has 0 bridgehead atoms. The molecule has 2 aromatic carbocycles. The summed E-state index contributed by atoms with van der Waals surface area (Å²) in [6, 6.07) is 12.2. The van der Waals surface area contributed by atoms with Gasteiger partial charge in [0.1, 0.15) is 0 Å². The molecule has 0 saturated carbocycles. The van der Waals surface area contributed by atoms with Crippen molar-refractivity contribution in [3.63, 3.8) is 0 Å². The second kappa shape index (κ2) is 10.7. The Labute approximate surface area is 180 Å². The van der Waals surface area contributed by atoms with Crippen LogP contribution in [-0.2, 0) is 6.54 Å². The summed E-state index contributed by atoms with van der Waals surface area (Å²) in [6.07, 6.45) is 0.845. The van der Waals surface area contributed by atoms with Gasteiger partial charge in [-0.05, 0) is 19.1 Å². The van der Waals surface area contributed by atoms with Crippen molar-refractivity contribution in [2.45, 2.75) is 19.9 Å². The predicted octanol–water partition coefficient (Wildman–Crippen LogP) is 3.95. The zero-order chi connectivity index (χ0) is 19.1. The first-order valence-electron chi connectivity index (χ1n) is 8.84. The van der Waals surface area contributed by atoms with E-state index in [0.29, 0.717) is 37.0 Å². The Bertz CT molecular complexity index is 844. The molecule has 150 valence electrons. The Balaban J connectivity index is 0.00000280. The number of nitrogens with one attached hydrogen (secondary N) is 2. The van der Waals surface area contributed by atoms with Gasteiger partial charge >= 0.3 is 0 Å². The Morgan fingerprint density at radius 3 is 2.68 bits per heavy atom. The van der Waals surface area contributed by atoms with Gasteiger partial charge in [-0.15, -0.1) is 24.0 Å². The third-order valence-electron chi connectivity index (χ3n) is 3.95. The van der Waals surface area contributed by atoms with Crippen LogP contribution >= 0.6 is 24.0 Å². The monoisotopic (exact) mass is 498 g/mol. The Morgan fingerprint density at radius 1 is 1.18 bits per heavy atom. The number of hydrogen-bond acceptors (Lipinski definition) is 5. The first-order valence-corrected chi connectivity index (χ1v) is 8.84. The third-order valence-corrected chi connectivity index (χ3v) is 3.95. The number of hydrogen-bond donors (Lipinski definition) is 2. The summed E-state index contributed by atoms with van der Waals surface area (Å²) in [4.78, 5) is 15.2. The number of benzene rings is 2. The van der Waals surface area contributed by atoms with Gasteiger partial charge in [0.05, 0.1) is 30.2 Å². The van der Waals surface area contributed by atoms with Crippen LogP contribution in [0.5, 0.6) is 11.5 Å². The molecule has 0 saturated heterocycles. The average Bonchev–Trinajstić information content (AvgIpc) is 2.91. The molecule has 0 aromatic heterocycles. The summed E-state index contributed by atoms with van der Waals surface area (Å²) in [6.45, 7) is 4.06. The molecule has 8 nitrogen and oxygen atoms in total. The topological polar surface area (TPSA) is 98.0 Å². The quantitative estimate of drug-likeness (QED) is 0.213. The van der Waals surface area contributed by atoms with E-state index in [2.05, 4.69) is 15.6 Å². The van der Waals surface area contributed by atoms with Crippen molar-refractivity contribution >= 4 is 41.3 Å². The van der Waals surface area contributed by atoms with E-state index in [4.69, 9.17) is 9.47 Å². The van der Waals surface area contributed by atoms with E-state index in [1.54, 1.807) is 18.2 Å². The van der Waals surface area contributed by atoms with Crippen LogP contribution in [0.25, 0.3) is 0 Å². The summed E-state index contributed by atoms with van der Waals surface area (Å²) in [7, 11) is 0. The molecule has 3 rings (SSSR count). The molecule has 1 aliphatic heterocycles. The van der Waals surface area contributed by atoms with Crippen molar-refractivity contribution in [3.8, 4) is 11.5 Å². The maximum absolute atomic E-state index is 11.1. The highest BCUT2D eigenvalue weighted by Gasteiger charge is 2.13. The highest BCUT2D eigenvalue weighted by molar-refractivity contribution is 14.0. The van der Waals surface area contributed by atoms with E-state index >= 15 is 0 Å². The minimum Gasteiger partial charge on any atom is -0.490 e. The first-order chi connectivity index (χ1) is 13.2. The van der Waals surface area contributed by atoms with Gasteiger partial charge in [0.15, 0.2) is 17.5 Å². The average molecular weight is 498 g/mol. The maximum Gasteiger partial charge on any atom is 0.274 e. The highest BCUT2D eigenvalue weighted by atomic mass is 127. The number of nitro benzene ring substituents is 1. The normalized spacial score (nSPS) is 13.1. The molecule has 1 aliphatic rings. The lowest BCUT2D eigenvalue weighted by atomic mass is 10.2. The second-order valence-corrected chi connectivity index (χ2v) is 5.92. The van der Waals surface area contributed by atoms with Crippen molar-refractivity contribution in [2.24, 2.45) is 4.99 Å². The number of halogens is 1. The van der Waals surface area contributed by atoms with Crippen molar-refractivity contribution in [2.75, 3.05) is 25.1 Å². The largest absolute Gasteiger partial charge is 0.490 e. The molecule has 0 amide bonds. The Hall–Kier alpha value is -2.56. The van der Waals surface area contributed by atoms with Crippen LogP contribution < -0.4 is 20.1 Å². The van der Waals surface area contributed by atoms with Gasteiger partial charge in [0.25, 0.3) is 5.69 Å². The lowest BCUT2D eigenvalue weighted by Crippen LogP contribution is -2.30. The van der Waals surface area contributed by atoms with Crippen LogP contribution in [0.4, 0.5) is 11.4 Å². The number of guanidine groups is 1. The van der Waals surface area contributed by atoms with Gasteiger partial charge in [0, 0.05) is 30.8 Å². The fraction of sp³-hybridized carbons (Fsp3) is 0.316. The van der Waals surface area contributed by atoms with Gasteiger partial charge in [-0.2, -0.15) is 0 Å². The Kier molecular flexibility index (Phi) is 8.30. The summed E-state index contributed by atoms with van der Waals surface area (Å²) in [5.41, 5.74) is 1.41. The number of anilines is 1. The molecule has 28 heavy (non-hydrogen) atoms. The van der Waals surface area contributed by atoms with Gasteiger partial charge in [-0.3, -0.25) is 10.1 Å². The number of para-hydroxylation sites is 1. The minimum atomic E-state index is -0.394. The lowest BCUT2D eigenvalue weighted by Gasteiger charge is -2.13. The van der Waals surface area contributed by atoms with E-state index < -0.39 is 4.92 Å². The number of aliphatic imine (C=N–C) groups is 1. The van der Waals surface area contributed by atoms with Crippen molar-refractivity contribution < 1.29 is 14.4 Å². The number of fused-ring (bicyclic) bond motifs is 1. The Morgan fingerprint density at radius 2 is 1.93 bits per heavy atom. The van der Waals surface area contributed by atoms with Gasteiger partial charge < -0.3 is 20.1 Å². The zero-order valence-electron chi connectivity index (χ0n) is 15.5. The van der Waals surface area contributed by atoms with Crippen LogP contribution in [0.3, 0.4) is 0 Å². The standard InChI is InChI=1S/C19H22N4O4.HI/c1-2-20-19(21-13-14-6-3-4-7-16(14)23(24)25)22-15-8-9-17-18(12-15)27-11-5-10-26-17;/h3-4,6-9,12H,2,5,10-11,13H2,1H3,(H2,20,21,22);1H.